The second-order valence-corrected chi connectivity index (χ2v) is 5.41. The van der Waals surface area contributed by atoms with Crippen LogP contribution < -0.4 is 5.32 Å². The van der Waals surface area contributed by atoms with E-state index in [1.54, 1.807) is 11.8 Å². The Balaban J connectivity index is 2.27. The normalized spacial score (nSPS) is 23.7. The molecule has 102 valence electrons. The number of benzene rings is 1. The first-order chi connectivity index (χ1) is 9.00. The minimum absolute atomic E-state index is 0.0213. The highest BCUT2D eigenvalue weighted by Gasteiger charge is 2.38. The average molecular weight is 260 g/mol. The number of piperazine rings is 1. The van der Waals surface area contributed by atoms with Crippen molar-refractivity contribution in [1.29, 1.82) is 0 Å². The van der Waals surface area contributed by atoms with Gasteiger partial charge in [-0.05, 0) is 18.4 Å². The molecule has 1 saturated heterocycles. The molecule has 0 radical (unpaired) electrons. The van der Waals surface area contributed by atoms with Crippen molar-refractivity contribution >= 4 is 11.8 Å². The second kappa shape index (κ2) is 5.43. The van der Waals surface area contributed by atoms with E-state index < -0.39 is 12.1 Å². The van der Waals surface area contributed by atoms with Crippen molar-refractivity contribution in [2.75, 3.05) is 6.54 Å². The number of carbonyl (C=O) groups is 2. The van der Waals surface area contributed by atoms with E-state index in [-0.39, 0.29) is 11.8 Å². The van der Waals surface area contributed by atoms with Gasteiger partial charge >= 0.3 is 0 Å². The highest BCUT2D eigenvalue weighted by Crippen LogP contribution is 2.22. The highest BCUT2D eigenvalue weighted by molar-refractivity contribution is 5.97. The molecule has 2 atom stereocenters. The van der Waals surface area contributed by atoms with E-state index in [1.807, 2.05) is 44.2 Å². The lowest BCUT2D eigenvalue weighted by atomic mass is 10.00. The van der Waals surface area contributed by atoms with Crippen molar-refractivity contribution in [1.82, 2.24) is 10.2 Å². The van der Waals surface area contributed by atoms with Crippen molar-refractivity contribution in [2.45, 2.75) is 32.9 Å². The van der Waals surface area contributed by atoms with Crippen LogP contribution in [0.4, 0.5) is 0 Å². The van der Waals surface area contributed by atoms with Crippen molar-refractivity contribution in [2.24, 2.45) is 5.92 Å². The third-order valence-corrected chi connectivity index (χ3v) is 3.36. The summed E-state index contributed by atoms with van der Waals surface area (Å²) in [7, 11) is 0. The van der Waals surface area contributed by atoms with Gasteiger partial charge in [-0.1, -0.05) is 44.2 Å². The molecule has 19 heavy (non-hydrogen) atoms. The van der Waals surface area contributed by atoms with Crippen LogP contribution in [0.25, 0.3) is 0 Å². The molecule has 1 heterocycles. The molecule has 2 rings (SSSR count). The van der Waals surface area contributed by atoms with Crippen LogP contribution in [0.3, 0.4) is 0 Å². The van der Waals surface area contributed by atoms with E-state index in [1.165, 1.54) is 0 Å². The molecule has 0 aromatic heterocycles. The first-order valence-electron chi connectivity index (χ1n) is 6.66. The number of hydrogen-bond acceptors (Lipinski definition) is 2. The molecule has 1 aromatic carbocycles. The molecule has 2 amide bonds. The molecular weight excluding hydrogens is 240 g/mol. The molecule has 0 spiro atoms. The Kier molecular flexibility index (Phi) is 3.88. The Labute approximate surface area is 113 Å². The highest BCUT2D eigenvalue weighted by atomic mass is 16.2. The van der Waals surface area contributed by atoms with Crippen LogP contribution in [0, 0.1) is 5.92 Å². The molecular formula is C15H20N2O2. The lowest BCUT2D eigenvalue weighted by molar-refractivity contribution is -0.149. The lowest BCUT2D eigenvalue weighted by Gasteiger charge is -2.38. The molecule has 1 aromatic rings. The zero-order chi connectivity index (χ0) is 14.0. The van der Waals surface area contributed by atoms with E-state index >= 15 is 0 Å². The molecule has 1 aliphatic rings. The van der Waals surface area contributed by atoms with Crippen LogP contribution in [0.1, 0.15) is 32.4 Å². The number of nitrogens with zero attached hydrogens (tertiary/aromatic N) is 1. The van der Waals surface area contributed by atoms with Crippen molar-refractivity contribution in [3.05, 3.63) is 35.9 Å². The van der Waals surface area contributed by atoms with Crippen LogP contribution in [0.5, 0.6) is 0 Å². The van der Waals surface area contributed by atoms with Crippen LogP contribution in [-0.2, 0) is 9.59 Å². The fourth-order valence-electron chi connectivity index (χ4n) is 2.34. The van der Waals surface area contributed by atoms with Crippen LogP contribution in [-0.4, -0.2) is 29.3 Å². The number of carbonyl (C=O) groups excluding carboxylic acids is 2. The molecule has 0 saturated carbocycles. The van der Waals surface area contributed by atoms with E-state index in [4.69, 9.17) is 0 Å². The maximum absolute atomic E-state index is 12.5. The standard InChI is InChI=1S/C15H20N2O2/c1-10(2)9-17-11(3)14(18)16-13(15(17)19)12-7-5-4-6-8-12/h4-8,10-11,13H,9H2,1-3H3,(H,16,18). The fraction of sp³-hybridized carbons (Fsp3) is 0.467. The maximum Gasteiger partial charge on any atom is 0.250 e. The van der Waals surface area contributed by atoms with Gasteiger partial charge in [-0.15, -0.1) is 0 Å². The summed E-state index contributed by atoms with van der Waals surface area (Å²) in [6.45, 7) is 6.47. The van der Waals surface area contributed by atoms with Gasteiger partial charge < -0.3 is 10.2 Å². The van der Waals surface area contributed by atoms with Gasteiger partial charge in [0, 0.05) is 6.54 Å². The van der Waals surface area contributed by atoms with Gasteiger partial charge in [-0.25, -0.2) is 0 Å². The monoisotopic (exact) mass is 260 g/mol. The maximum atomic E-state index is 12.5. The minimum Gasteiger partial charge on any atom is -0.339 e. The zero-order valence-corrected chi connectivity index (χ0v) is 11.6. The summed E-state index contributed by atoms with van der Waals surface area (Å²) < 4.78 is 0. The SMILES string of the molecule is CC(C)CN1C(=O)C(c2ccccc2)NC(=O)C1C. The Morgan fingerprint density at radius 2 is 1.84 bits per heavy atom. The van der Waals surface area contributed by atoms with Gasteiger partial charge in [-0.3, -0.25) is 9.59 Å². The van der Waals surface area contributed by atoms with Crippen LogP contribution in [0.15, 0.2) is 30.3 Å². The summed E-state index contributed by atoms with van der Waals surface area (Å²) in [5.41, 5.74) is 0.835. The van der Waals surface area contributed by atoms with E-state index in [0.29, 0.717) is 12.5 Å². The van der Waals surface area contributed by atoms with Gasteiger partial charge in [0.05, 0.1) is 0 Å². The second-order valence-electron chi connectivity index (χ2n) is 5.41. The molecule has 4 nitrogen and oxygen atoms in total. The summed E-state index contributed by atoms with van der Waals surface area (Å²) in [4.78, 5) is 26.2. The average Bonchev–Trinajstić information content (AvgIpc) is 2.39. The minimum atomic E-state index is -0.552. The van der Waals surface area contributed by atoms with Crippen LogP contribution >= 0.6 is 0 Å². The third kappa shape index (κ3) is 2.78. The van der Waals surface area contributed by atoms with Gasteiger partial charge in [0.2, 0.25) is 11.8 Å². The smallest absolute Gasteiger partial charge is 0.250 e. The third-order valence-electron chi connectivity index (χ3n) is 3.36. The van der Waals surface area contributed by atoms with Gasteiger partial charge in [0.15, 0.2) is 0 Å². The summed E-state index contributed by atoms with van der Waals surface area (Å²) in [6, 6.07) is 8.43. The molecule has 1 N–H and O–H groups in total. The summed E-state index contributed by atoms with van der Waals surface area (Å²) >= 11 is 0. The Bertz CT molecular complexity index is 470. The fourth-order valence-corrected chi connectivity index (χ4v) is 2.34. The van der Waals surface area contributed by atoms with E-state index in [9.17, 15) is 9.59 Å². The van der Waals surface area contributed by atoms with Gasteiger partial charge in [-0.2, -0.15) is 0 Å². The van der Waals surface area contributed by atoms with Crippen molar-refractivity contribution < 1.29 is 9.59 Å². The molecule has 1 fully saturated rings. The summed E-state index contributed by atoms with van der Waals surface area (Å²) in [5, 5.41) is 2.81. The van der Waals surface area contributed by atoms with Crippen molar-refractivity contribution in [3.63, 3.8) is 0 Å². The van der Waals surface area contributed by atoms with Crippen LogP contribution in [0.2, 0.25) is 0 Å². The zero-order valence-electron chi connectivity index (χ0n) is 11.6. The Morgan fingerprint density at radius 3 is 2.42 bits per heavy atom. The predicted molar refractivity (Wildman–Crippen MR) is 73.3 cm³/mol. The van der Waals surface area contributed by atoms with Gasteiger partial charge in [0.25, 0.3) is 0 Å². The molecule has 2 unspecified atom stereocenters. The Hall–Kier alpha value is -1.84. The number of amides is 2. The van der Waals surface area contributed by atoms with Crippen molar-refractivity contribution in [3.8, 4) is 0 Å². The molecule has 1 aliphatic heterocycles. The van der Waals surface area contributed by atoms with E-state index in [0.717, 1.165) is 5.56 Å². The number of hydrogen-bond donors (Lipinski definition) is 1. The number of rotatable bonds is 3. The molecule has 0 aliphatic carbocycles. The molecule has 4 heteroatoms. The summed E-state index contributed by atoms with van der Waals surface area (Å²) in [5.74, 6) is 0.231. The van der Waals surface area contributed by atoms with E-state index in [2.05, 4.69) is 5.32 Å². The first-order valence-corrected chi connectivity index (χ1v) is 6.66. The molecule has 0 bridgehead atoms. The largest absolute Gasteiger partial charge is 0.339 e. The number of nitrogens with one attached hydrogen (secondary N) is 1. The summed E-state index contributed by atoms with van der Waals surface area (Å²) in [6.07, 6.45) is 0. The quantitative estimate of drug-likeness (QED) is 0.899. The Morgan fingerprint density at radius 1 is 1.21 bits per heavy atom. The predicted octanol–water partition coefficient (Wildman–Crippen LogP) is 1.73. The first kappa shape index (κ1) is 13.6. The van der Waals surface area contributed by atoms with Gasteiger partial charge in [0.1, 0.15) is 12.1 Å². The topological polar surface area (TPSA) is 49.4 Å². The lowest BCUT2D eigenvalue weighted by Crippen LogP contribution is -2.59.